The van der Waals surface area contributed by atoms with E-state index in [2.05, 4.69) is 15.5 Å². The maximum atomic E-state index is 14.0. The number of aromatic nitrogens is 2. The molecule has 0 spiro atoms. The highest BCUT2D eigenvalue weighted by Crippen LogP contribution is 2.36. The number of piperazine rings is 1. The van der Waals surface area contributed by atoms with Crippen molar-refractivity contribution in [1.29, 1.82) is 0 Å². The topological polar surface area (TPSA) is 114 Å². The summed E-state index contributed by atoms with van der Waals surface area (Å²) in [5, 5.41) is 10.6. The van der Waals surface area contributed by atoms with Gasteiger partial charge >= 0.3 is 6.03 Å². The summed E-state index contributed by atoms with van der Waals surface area (Å²) in [5.74, 6) is -0.550. The number of urea groups is 1. The number of nitrogens with zero attached hydrogens (tertiary/aromatic N) is 4. The minimum absolute atomic E-state index is 0.0353. The molecule has 4 rings (SSSR count). The molecule has 2 heterocycles. The number of benzene rings is 2. The van der Waals surface area contributed by atoms with Crippen molar-refractivity contribution >= 4 is 46.8 Å². The quantitative estimate of drug-likeness (QED) is 0.403. The smallest absolute Gasteiger partial charge is 0.323 e. The van der Waals surface area contributed by atoms with E-state index < -0.39 is 23.5 Å². The fraction of sp³-hybridized carbons (Fsp3) is 0.308. The third kappa shape index (κ3) is 5.76. The van der Waals surface area contributed by atoms with E-state index in [1.807, 2.05) is 32.0 Å². The van der Waals surface area contributed by atoms with Crippen LogP contribution in [0.3, 0.4) is 0 Å². The summed E-state index contributed by atoms with van der Waals surface area (Å²) in [4.78, 5) is 29.5. The van der Waals surface area contributed by atoms with E-state index in [0.717, 1.165) is 6.07 Å². The van der Waals surface area contributed by atoms with Gasteiger partial charge in [0.25, 0.3) is 5.91 Å². The monoisotopic (exact) mass is 560 g/mol. The van der Waals surface area contributed by atoms with Crippen molar-refractivity contribution in [3.8, 4) is 5.75 Å². The molecule has 3 aromatic rings. The van der Waals surface area contributed by atoms with Crippen molar-refractivity contribution in [1.82, 2.24) is 20.0 Å². The van der Waals surface area contributed by atoms with Crippen LogP contribution in [0.1, 0.15) is 42.8 Å². The Morgan fingerprint density at radius 3 is 2.53 bits per heavy atom. The van der Waals surface area contributed by atoms with Crippen LogP contribution in [0, 0.1) is 5.82 Å². The largest absolute Gasteiger partial charge is 0.482 e. The van der Waals surface area contributed by atoms with Crippen LogP contribution in [0.2, 0.25) is 10.0 Å². The molecule has 1 aliphatic heterocycles. The zero-order valence-corrected chi connectivity index (χ0v) is 22.6. The number of rotatable bonds is 5. The van der Waals surface area contributed by atoms with Crippen LogP contribution in [-0.2, 0) is 0 Å². The summed E-state index contributed by atoms with van der Waals surface area (Å²) in [5.41, 5.74) is 6.12. The van der Waals surface area contributed by atoms with Crippen molar-refractivity contribution in [2.75, 3.05) is 30.7 Å². The number of carbonyl (C=O) groups is 2. The van der Waals surface area contributed by atoms with Gasteiger partial charge in [0.1, 0.15) is 11.9 Å². The highest BCUT2D eigenvalue weighted by atomic mass is 35.5. The van der Waals surface area contributed by atoms with Gasteiger partial charge in [0, 0.05) is 41.9 Å². The number of halogens is 3. The molecule has 0 bridgehead atoms. The lowest BCUT2D eigenvalue weighted by Gasteiger charge is -2.46. The molecule has 3 N–H and O–H groups in total. The molecular formula is C26H27Cl2FN6O3. The van der Waals surface area contributed by atoms with E-state index in [1.165, 1.54) is 12.1 Å². The molecule has 1 saturated heterocycles. The molecule has 38 heavy (non-hydrogen) atoms. The first-order chi connectivity index (χ1) is 18.0. The lowest BCUT2D eigenvalue weighted by molar-refractivity contribution is 0.0377. The van der Waals surface area contributed by atoms with Gasteiger partial charge in [-0.2, -0.15) is 0 Å². The summed E-state index contributed by atoms with van der Waals surface area (Å²) in [7, 11) is 0. The van der Waals surface area contributed by atoms with E-state index in [1.54, 1.807) is 28.9 Å². The zero-order valence-electron chi connectivity index (χ0n) is 21.0. The summed E-state index contributed by atoms with van der Waals surface area (Å²) in [6.07, 6.45) is -0.782. The third-order valence-corrected chi connectivity index (χ3v) is 6.98. The molecule has 12 heteroatoms. The van der Waals surface area contributed by atoms with Crippen molar-refractivity contribution in [2.45, 2.75) is 32.4 Å². The van der Waals surface area contributed by atoms with E-state index in [0.29, 0.717) is 25.2 Å². The Hall–Kier alpha value is -3.63. The Morgan fingerprint density at radius 2 is 1.84 bits per heavy atom. The number of carbonyl (C=O) groups excluding carboxylic acids is 2. The second-order valence-electron chi connectivity index (χ2n) is 9.48. The van der Waals surface area contributed by atoms with Crippen molar-refractivity contribution in [3.63, 3.8) is 0 Å². The average molecular weight is 561 g/mol. The molecule has 1 aliphatic rings. The first kappa shape index (κ1) is 27.4. The van der Waals surface area contributed by atoms with Crippen LogP contribution >= 0.6 is 23.2 Å². The predicted molar refractivity (Wildman–Crippen MR) is 144 cm³/mol. The number of anilines is 2. The number of ether oxygens (including phenoxy) is 1. The normalized spacial score (nSPS) is 15.6. The fourth-order valence-electron chi connectivity index (χ4n) is 4.35. The minimum Gasteiger partial charge on any atom is -0.482 e. The molecule has 1 fully saturated rings. The molecular weight excluding hydrogens is 534 g/mol. The minimum atomic E-state index is -0.782. The molecule has 0 radical (unpaired) electrons. The third-order valence-electron chi connectivity index (χ3n) is 6.27. The van der Waals surface area contributed by atoms with E-state index >= 15 is 0 Å². The fourth-order valence-corrected chi connectivity index (χ4v) is 5.03. The number of nitrogen functional groups attached to an aromatic ring is 1. The number of hydrogen-bond acceptors (Lipinski definition) is 6. The maximum Gasteiger partial charge on any atom is 0.323 e. The van der Waals surface area contributed by atoms with Crippen LogP contribution in [0.4, 0.5) is 20.8 Å². The number of amides is 3. The molecule has 0 aliphatic carbocycles. The van der Waals surface area contributed by atoms with Gasteiger partial charge in [-0.15, -0.1) is 10.2 Å². The highest BCUT2D eigenvalue weighted by molar-refractivity contribution is 6.36. The molecule has 1 atom stereocenters. The van der Waals surface area contributed by atoms with E-state index in [-0.39, 0.29) is 38.9 Å². The zero-order chi connectivity index (χ0) is 27.6. The Morgan fingerprint density at radius 1 is 1.13 bits per heavy atom. The summed E-state index contributed by atoms with van der Waals surface area (Å²) in [6, 6.07) is 12.6. The summed E-state index contributed by atoms with van der Waals surface area (Å²) in [6.45, 7) is 6.44. The lowest BCUT2D eigenvalue weighted by Crippen LogP contribution is -2.62. The van der Waals surface area contributed by atoms with Crippen LogP contribution in [0.25, 0.3) is 0 Å². The van der Waals surface area contributed by atoms with E-state index in [9.17, 15) is 14.0 Å². The van der Waals surface area contributed by atoms with Gasteiger partial charge in [0.2, 0.25) is 0 Å². The standard InChI is InChI=1S/C26H27Cl2FN6O3/c1-15(21-17(27)9-10-18(29)22(21)28)38-19-13-20(32-33-23(19)30)31-25(37)35-12-11-34(14-26(35,2)3)24(36)16-7-5-4-6-8-16/h4-10,13,15H,11-12,14H2,1-3H3,(H2,30,33)(H,31,32,37)/t15-/m1/s1. The molecule has 3 amide bonds. The average Bonchev–Trinajstić information content (AvgIpc) is 2.88. The van der Waals surface area contributed by atoms with Gasteiger partial charge in [0.15, 0.2) is 17.4 Å². The number of nitrogens with one attached hydrogen (secondary N) is 1. The molecule has 2 aromatic carbocycles. The van der Waals surface area contributed by atoms with E-state index in [4.69, 9.17) is 33.7 Å². The van der Waals surface area contributed by atoms with Gasteiger partial charge in [0.05, 0.1) is 10.6 Å². The van der Waals surface area contributed by atoms with Crippen molar-refractivity contribution in [2.24, 2.45) is 0 Å². The Balaban J connectivity index is 1.45. The second-order valence-corrected chi connectivity index (χ2v) is 10.3. The van der Waals surface area contributed by atoms with Gasteiger partial charge in [-0.25, -0.2) is 9.18 Å². The van der Waals surface area contributed by atoms with Gasteiger partial charge in [-0.3, -0.25) is 10.1 Å². The van der Waals surface area contributed by atoms with Crippen LogP contribution in [0.15, 0.2) is 48.5 Å². The Bertz CT molecular complexity index is 1360. The predicted octanol–water partition coefficient (Wildman–Crippen LogP) is 5.41. The molecule has 9 nitrogen and oxygen atoms in total. The second kappa shape index (κ2) is 11.0. The maximum absolute atomic E-state index is 14.0. The summed E-state index contributed by atoms with van der Waals surface area (Å²) < 4.78 is 19.8. The van der Waals surface area contributed by atoms with Gasteiger partial charge < -0.3 is 20.3 Å². The molecule has 0 saturated carbocycles. The molecule has 0 unspecified atom stereocenters. The van der Waals surface area contributed by atoms with Crippen LogP contribution < -0.4 is 15.8 Å². The van der Waals surface area contributed by atoms with Gasteiger partial charge in [-0.05, 0) is 45.0 Å². The van der Waals surface area contributed by atoms with Crippen molar-refractivity contribution < 1.29 is 18.7 Å². The Labute approximate surface area is 229 Å². The van der Waals surface area contributed by atoms with Crippen LogP contribution in [-0.4, -0.2) is 57.1 Å². The van der Waals surface area contributed by atoms with Gasteiger partial charge in [-0.1, -0.05) is 41.4 Å². The molecule has 1 aromatic heterocycles. The van der Waals surface area contributed by atoms with Crippen LogP contribution in [0.5, 0.6) is 5.75 Å². The number of nitrogens with two attached hydrogens (primary N) is 1. The SMILES string of the molecule is C[C@@H](Oc1cc(NC(=O)N2CCN(C(=O)c3ccccc3)CC2(C)C)nnc1N)c1c(Cl)ccc(F)c1Cl. The highest BCUT2D eigenvalue weighted by Gasteiger charge is 2.38. The molecule has 200 valence electrons. The first-order valence-corrected chi connectivity index (χ1v) is 12.6. The van der Waals surface area contributed by atoms with Crippen molar-refractivity contribution in [3.05, 3.63) is 75.5 Å². The first-order valence-electron chi connectivity index (χ1n) is 11.8. The summed E-state index contributed by atoms with van der Waals surface area (Å²) >= 11 is 12.3. The number of hydrogen-bond donors (Lipinski definition) is 2. The lowest BCUT2D eigenvalue weighted by atomic mass is 9.98. The Kier molecular flexibility index (Phi) is 7.94.